The molecular weight excluding hydrogens is 2270 g/mol. The normalized spacial score (nSPS) is 10.9. The summed E-state index contributed by atoms with van der Waals surface area (Å²) in [6.07, 6.45) is -4.43. The second-order valence-electron chi connectivity index (χ2n) is 30.0. The smallest absolute Gasteiger partial charge is 1.00 e. The van der Waals surface area contributed by atoms with Gasteiger partial charge < -0.3 is 71.5 Å². The molecule has 5 N–H and O–H groups in total. The Balaban J connectivity index is 0.000000462. The molecule has 8 aromatic heterocycles. The number of alkyl halides is 14. The first-order valence-corrected chi connectivity index (χ1v) is 44.8. The number of benzene rings is 8. The number of aromatic hydroxyl groups is 1. The molecule has 742 valence electrons. The molecule has 143 heavy (non-hydrogen) atoms. The van der Waals surface area contributed by atoms with Crippen LogP contribution in [0.1, 0.15) is 110 Å². The van der Waals surface area contributed by atoms with Crippen LogP contribution in [-0.2, 0) is 97.0 Å². The number of halogens is 14. The summed E-state index contributed by atoms with van der Waals surface area (Å²) >= 11 is 6.29. The van der Waals surface area contributed by atoms with Gasteiger partial charge in [-0.1, -0.05) is 31.9 Å². The van der Waals surface area contributed by atoms with E-state index in [-0.39, 0.29) is 226 Å². The van der Waals surface area contributed by atoms with E-state index in [0.29, 0.717) is 116 Å². The minimum Gasteiger partial charge on any atom is -1.00 e. The number of carbonyl (C=O) groups is 4. The van der Waals surface area contributed by atoms with E-state index in [9.17, 15) is 67.1 Å². The number of phenolic OH excluding ortho intramolecular Hbond substituents is 1. The van der Waals surface area contributed by atoms with E-state index in [0.717, 1.165) is 162 Å². The van der Waals surface area contributed by atoms with Crippen molar-refractivity contribution in [3.8, 4) is 45.7 Å². The summed E-state index contributed by atoms with van der Waals surface area (Å²) in [6.45, 7) is 13.0. The second kappa shape index (κ2) is 60.6. The molecule has 0 aliphatic heterocycles. The van der Waals surface area contributed by atoms with Crippen molar-refractivity contribution >= 4 is 99.9 Å². The third-order valence-electron chi connectivity index (χ3n) is 20.2. The summed E-state index contributed by atoms with van der Waals surface area (Å²) in [6, 6.07) is 49.0. The molecule has 48 heteroatoms. The van der Waals surface area contributed by atoms with Crippen LogP contribution in [0.5, 0.6) is 23.0 Å². The van der Waals surface area contributed by atoms with Crippen molar-refractivity contribution in [2.75, 3.05) is 43.7 Å². The van der Waals surface area contributed by atoms with Crippen molar-refractivity contribution in [1.82, 2.24) is 79.1 Å². The van der Waals surface area contributed by atoms with Crippen LogP contribution < -0.4 is 206 Å². The van der Waals surface area contributed by atoms with E-state index in [1.807, 2.05) is 123 Å². The van der Waals surface area contributed by atoms with Crippen LogP contribution >= 0.6 is 31.9 Å². The van der Waals surface area contributed by atoms with Crippen LogP contribution in [0.15, 0.2) is 219 Å². The van der Waals surface area contributed by atoms with Gasteiger partial charge in [-0.2, -0.15) is 113 Å². The molecule has 0 saturated heterocycles. The fourth-order valence-corrected chi connectivity index (χ4v) is 13.8. The molecule has 8 heterocycles. The first-order chi connectivity index (χ1) is 65.8. The Morgan fingerprint density at radius 3 is 1.03 bits per heavy atom. The van der Waals surface area contributed by atoms with Crippen molar-refractivity contribution in [3.05, 3.63) is 287 Å². The topological polar surface area (TPSA) is 381 Å². The average molecular weight is 2370 g/mol. The zero-order valence-corrected chi connectivity index (χ0v) is 97.0. The predicted molar refractivity (Wildman–Crippen MR) is 496 cm³/mol. The Labute approximate surface area is 983 Å². The molecular formula is C95H96Br2Cs2F12LiN16NaO14. The number of rotatable bonds is 30. The van der Waals surface area contributed by atoms with Gasteiger partial charge in [0.2, 0.25) is 0 Å². The molecule has 0 fully saturated rings. The summed E-state index contributed by atoms with van der Waals surface area (Å²) in [7, 11) is 0. The standard InChI is InChI=1S/C25H25F3N4O3.C23H21F3N4O3.C21H19F3N4O.C13H13BrF3N3.C8H7NO.C4H7BrO2.CH2O3.2Cs.Li.Na.H2O.2H/c1-3-34-24(33)16-31-13-12-18-15-21(10-11-23(18)31)35-14-4-5-22-17(2)29-32(30-22)20-8-6-19(7-9-20)25(26,27)28;1-15-20(28-30(27-15)18-6-4-17(5-7-18)23(24,25)26)3-2-12-33-19-8-9-21-16(13-19)10-11-29(21)14-22(31)32;1-14-19(3-2-12-29-18-8-9-20-15(13-18)10-11-25-20)27-28(26-14)17-6-4-16(5-7-17)21(22,23)24;1-9-12(3-2-8-14)19-20(18-9)11-6-4-10(5-7-11)13(15,16)17;10-7-1-2-8-6(5-7)3-4-9-8;1-2-7-4(6)3-5;2-1-4-3;;;;;;;/h6-13,15H,3-5,14,16H2,1-2H3;4-11,13H,2-3,12,14H2,1H3,(H,31,32);4-11,13,25H,2-3,12H2,1H3;4-7H,2-3,8H2,1H3;1-5,9-10H;2-3H2,1H3;1,3H;;;;;1H2;;/q;;;;;;;4*+1;;2*-1/p-2. The zero-order chi connectivity index (χ0) is 99.9. The van der Waals surface area contributed by atoms with E-state index in [1.165, 1.54) is 67.7 Å². The van der Waals surface area contributed by atoms with E-state index in [2.05, 4.69) is 92.2 Å². The number of aliphatic carboxylic acids is 1. The third kappa shape index (κ3) is 38.8. The van der Waals surface area contributed by atoms with Gasteiger partial charge in [0.05, 0.1) is 124 Å². The minimum atomic E-state index is -4.38. The van der Waals surface area contributed by atoms with Crippen molar-refractivity contribution in [3.63, 3.8) is 0 Å². The van der Waals surface area contributed by atoms with Crippen LogP contribution in [-0.4, -0.2) is 163 Å². The molecule has 0 amide bonds. The number of hydrogen-bond donors (Lipinski definition) is 4. The first kappa shape index (κ1) is 125. The molecule has 0 unspecified atom stereocenters. The summed E-state index contributed by atoms with van der Waals surface area (Å²) in [5.41, 5.74) is 9.13. The van der Waals surface area contributed by atoms with Gasteiger partial charge in [-0.05, 0) is 287 Å². The van der Waals surface area contributed by atoms with Crippen LogP contribution in [0.2, 0.25) is 0 Å². The van der Waals surface area contributed by atoms with Gasteiger partial charge in [0, 0.05) is 73.7 Å². The maximum atomic E-state index is 12.8. The summed E-state index contributed by atoms with van der Waals surface area (Å²) in [5.74, 6) is 1.13. The average Bonchev–Trinajstić information content (AvgIpc) is 1.57. The van der Waals surface area contributed by atoms with Gasteiger partial charge in [0.15, 0.2) is 0 Å². The van der Waals surface area contributed by atoms with Crippen LogP contribution in [0, 0.1) is 27.7 Å². The number of carbonyl (C=O) groups excluding carboxylic acids is 3. The van der Waals surface area contributed by atoms with Gasteiger partial charge in [-0.15, -0.1) is 0 Å². The fourth-order valence-electron chi connectivity index (χ4n) is 13.3. The number of H-pyrrole nitrogens is 2. The van der Waals surface area contributed by atoms with E-state index in [4.69, 9.17) is 39.2 Å². The molecule has 8 aromatic carbocycles. The number of fused-ring (bicyclic) bond motifs is 4. The number of nitrogens with one attached hydrogen (secondary N) is 2. The van der Waals surface area contributed by atoms with Crippen molar-refractivity contribution < 1.29 is 310 Å². The number of hydrogen-bond acceptors (Lipinski definition) is 21. The largest absolute Gasteiger partial charge is 1.00 e. The molecule has 0 aliphatic rings. The Morgan fingerprint density at radius 1 is 0.427 bits per heavy atom. The fraction of sp³-hybridized carbons (Fsp3) is 0.284. The number of esters is 2. The van der Waals surface area contributed by atoms with Crippen LogP contribution in [0.4, 0.5) is 52.7 Å². The SMILES string of the molecule is CCOC(=O)CBr.CCOC(=O)Cn1ccc2cc(OCCCc3nn(-c4ccc(C(F)(F)F)cc4)nc3C)ccc21.Cc1nn(-c2ccc(C(F)(F)F)cc2)nc1CCCBr.Cc1nn(-c2ccc(C(F)(F)F)cc2)nc1CCCOc1ccc2[nH]ccc2c1.Cc1nn(-c2ccc(C(F)(F)F)cc2)nc1CCCOc1ccc2c(ccn2CC(=O)O)c1.O=CO[O-].Oc1ccc2[nH]ccc2c1.[Cs+].[Cs+].[H-].[H-].[Li+].[Na+].[OH-]. The zero-order valence-electron chi connectivity index (χ0n) is 81.3. The van der Waals surface area contributed by atoms with E-state index in [1.54, 1.807) is 49.7 Å². The molecule has 0 radical (unpaired) electrons. The molecule has 30 nitrogen and oxygen atoms in total. The molecule has 0 spiro atoms. The van der Waals surface area contributed by atoms with Crippen LogP contribution in [0.3, 0.4) is 0 Å². The molecule has 0 saturated carbocycles. The Kier molecular flexibility index (Phi) is 52.8. The minimum absolute atomic E-state index is 0. The molecule has 0 atom stereocenters. The molecule has 0 aliphatic carbocycles. The van der Waals surface area contributed by atoms with Gasteiger partial charge in [-0.3, -0.25) is 19.2 Å². The number of aromatic nitrogens is 16. The quantitative estimate of drug-likeness (QED) is 0.00482. The van der Waals surface area contributed by atoms with Gasteiger partial charge in [-0.25, -0.2) is 0 Å². The van der Waals surface area contributed by atoms with E-state index >= 15 is 0 Å². The summed E-state index contributed by atoms with van der Waals surface area (Å²) < 4.78 is 183. The monoisotopic (exact) mass is 2370 g/mol. The maximum absolute atomic E-state index is 12.8. The maximum Gasteiger partial charge on any atom is 1.00 e. The summed E-state index contributed by atoms with van der Waals surface area (Å²) in [4.78, 5) is 55.7. The van der Waals surface area contributed by atoms with Gasteiger partial charge >= 0.3 is 229 Å². The number of ether oxygens (including phenoxy) is 5. The Morgan fingerprint density at radius 2 is 0.727 bits per heavy atom. The van der Waals surface area contributed by atoms with E-state index < -0.39 is 52.9 Å². The Bertz CT molecular complexity index is 6660. The third-order valence-corrected chi connectivity index (χ3v) is 21.2. The van der Waals surface area contributed by atoms with Crippen molar-refractivity contribution in [1.29, 1.82) is 0 Å². The number of aryl methyl sites for hydroxylation is 8. The van der Waals surface area contributed by atoms with Crippen LogP contribution in [0.25, 0.3) is 66.4 Å². The Hall–Kier alpha value is -8.70. The first-order valence-electron chi connectivity index (χ1n) is 42.5. The number of phenols is 1. The van der Waals surface area contributed by atoms with Crippen molar-refractivity contribution in [2.45, 2.75) is 131 Å². The van der Waals surface area contributed by atoms with Gasteiger partial charge in [0.1, 0.15) is 41.4 Å². The molecule has 16 rings (SSSR count). The number of nitrogens with zero attached hydrogens (tertiary/aromatic N) is 14. The molecule has 16 aromatic rings. The number of aromatic amines is 2. The number of carboxylic acid groups (broad SMARTS) is 1. The number of carboxylic acids is 1. The van der Waals surface area contributed by atoms with Gasteiger partial charge in [0.25, 0.3) is 6.47 Å². The summed E-state index contributed by atoms with van der Waals surface area (Å²) in [5, 5.41) is 66.3. The second-order valence-corrected chi connectivity index (χ2v) is 31.4. The van der Waals surface area contributed by atoms with Crippen molar-refractivity contribution in [2.24, 2.45) is 0 Å². The molecule has 0 bridgehead atoms. The predicted octanol–water partition coefficient (Wildman–Crippen LogP) is 8.10.